The Balaban J connectivity index is 1.47. The average molecular weight is 374 g/mol. The Kier molecular flexibility index (Phi) is 7.00. The quantitative estimate of drug-likeness (QED) is 0.832. The lowest BCUT2D eigenvalue weighted by atomic mass is 9.78. The van der Waals surface area contributed by atoms with Crippen LogP contribution in [0.5, 0.6) is 5.75 Å². The third kappa shape index (κ3) is 5.16. The normalized spacial score (nSPS) is 26.6. The summed E-state index contributed by atoms with van der Waals surface area (Å²) >= 11 is 0. The first-order valence-corrected chi connectivity index (χ1v) is 10.6. The Bertz CT molecular complexity index is 613. The van der Waals surface area contributed by atoms with Crippen LogP contribution in [0.15, 0.2) is 24.3 Å². The van der Waals surface area contributed by atoms with E-state index in [1.807, 2.05) is 19.1 Å². The van der Waals surface area contributed by atoms with Crippen molar-refractivity contribution < 1.29 is 9.53 Å². The molecule has 5 nitrogen and oxygen atoms in total. The van der Waals surface area contributed by atoms with Gasteiger partial charge in [-0.2, -0.15) is 0 Å². The molecule has 1 heterocycles. The Hall–Kier alpha value is -1.75. The fourth-order valence-corrected chi connectivity index (χ4v) is 4.38. The number of para-hydroxylation sites is 2. The zero-order valence-electron chi connectivity index (χ0n) is 17.1. The minimum absolute atomic E-state index is 0.184. The van der Waals surface area contributed by atoms with Gasteiger partial charge in [-0.3, -0.25) is 9.69 Å². The molecule has 1 aromatic rings. The summed E-state index contributed by atoms with van der Waals surface area (Å²) in [6, 6.07) is 8.58. The predicted octanol–water partition coefficient (Wildman–Crippen LogP) is 3.15. The summed E-state index contributed by atoms with van der Waals surface area (Å²) in [5, 5.41) is 3.30. The Labute approximate surface area is 164 Å². The van der Waals surface area contributed by atoms with E-state index in [-0.39, 0.29) is 5.91 Å². The molecule has 1 aromatic carbocycles. The fraction of sp³-hybridized carbons (Fsp3) is 0.682. The number of carbonyl (C=O) groups is 1. The van der Waals surface area contributed by atoms with Crippen LogP contribution in [-0.2, 0) is 4.79 Å². The topological polar surface area (TPSA) is 44.8 Å². The standard InChI is InChI=1S/C22H35N3O2/c1-4-27-21-11-6-5-10-20(21)25-14-12-24(13-15-25)16-22(26)23-19-9-7-8-17(2)18(19)3/h5-6,10-11,17-19H,4,7-9,12-16H2,1-3H3,(H,23,26). The van der Waals surface area contributed by atoms with Crippen LogP contribution in [0.25, 0.3) is 0 Å². The van der Waals surface area contributed by atoms with Crippen molar-refractivity contribution in [2.24, 2.45) is 11.8 Å². The molecule has 2 fully saturated rings. The highest BCUT2D eigenvalue weighted by molar-refractivity contribution is 5.78. The molecule has 5 heteroatoms. The molecule has 3 atom stereocenters. The number of rotatable bonds is 6. The molecule has 3 unspecified atom stereocenters. The highest BCUT2D eigenvalue weighted by Crippen LogP contribution is 2.30. The Morgan fingerprint density at radius 3 is 2.63 bits per heavy atom. The van der Waals surface area contributed by atoms with Crippen molar-refractivity contribution in [2.75, 3.05) is 44.2 Å². The lowest BCUT2D eigenvalue weighted by molar-refractivity contribution is -0.123. The second-order valence-electron chi connectivity index (χ2n) is 8.11. The van der Waals surface area contributed by atoms with Gasteiger partial charge in [-0.1, -0.05) is 38.8 Å². The molecule has 0 aromatic heterocycles. The number of hydrogen-bond acceptors (Lipinski definition) is 4. The molecule has 1 amide bonds. The maximum Gasteiger partial charge on any atom is 0.234 e. The van der Waals surface area contributed by atoms with Gasteiger partial charge in [0.1, 0.15) is 5.75 Å². The minimum Gasteiger partial charge on any atom is -0.492 e. The predicted molar refractivity (Wildman–Crippen MR) is 110 cm³/mol. The molecule has 0 bridgehead atoms. The summed E-state index contributed by atoms with van der Waals surface area (Å²) in [7, 11) is 0. The number of hydrogen-bond donors (Lipinski definition) is 1. The van der Waals surface area contributed by atoms with Gasteiger partial charge in [0, 0.05) is 32.2 Å². The molecule has 3 rings (SSSR count). The zero-order chi connectivity index (χ0) is 19.2. The molecule has 0 spiro atoms. The summed E-state index contributed by atoms with van der Waals surface area (Å²) in [6.07, 6.45) is 3.65. The molecule has 1 aliphatic heterocycles. The van der Waals surface area contributed by atoms with Crippen LogP contribution in [0.3, 0.4) is 0 Å². The third-order valence-electron chi connectivity index (χ3n) is 6.30. The summed E-state index contributed by atoms with van der Waals surface area (Å²) < 4.78 is 5.77. The van der Waals surface area contributed by atoms with Crippen LogP contribution >= 0.6 is 0 Å². The van der Waals surface area contributed by atoms with E-state index in [9.17, 15) is 4.79 Å². The Morgan fingerprint density at radius 2 is 1.89 bits per heavy atom. The molecular weight excluding hydrogens is 338 g/mol. The van der Waals surface area contributed by atoms with E-state index in [2.05, 4.69) is 41.1 Å². The maximum absolute atomic E-state index is 12.5. The van der Waals surface area contributed by atoms with E-state index in [1.54, 1.807) is 0 Å². The smallest absolute Gasteiger partial charge is 0.234 e. The van der Waals surface area contributed by atoms with Crippen LogP contribution < -0.4 is 15.0 Å². The van der Waals surface area contributed by atoms with E-state index in [1.165, 1.54) is 12.8 Å². The molecule has 150 valence electrons. The summed E-state index contributed by atoms with van der Waals surface area (Å²) in [6.45, 7) is 11.5. The number of nitrogens with one attached hydrogen (secondary N) is 1. The fourth-order valence-electron chi connectivity index (χ4n) is 4.38. The number of anilines is 1. The van der Waals surface area contributed by atoms with Gasteiger partial charge in [-0.15, -0.1) is 0 Å². The van der Waals surface area contributed by atoms with Gasteiger partial charge in [0.2, 0.25) is 5.91 Å². The first-order chi connectivity index (χ1) is 13.1. The highest BCUT2D eigenvalue weighted by Gasteiger charge is 2.29. The molecule has 27 heavy (non-hydrogen) atoms. The van der Waals surface area contributed by atoms with Crippen LogP contribution in [-0.4, -0.2) is 56.2 Å². The number of nitrogens with zero attached hydrogens (tertiary/aromatic N) is 2. The van der Waals surface area contributed by atoms with Crippen molar-refractivity contribution in [1.82, 2.24) is 10.2 Å². The van der Waals surface area contributed by atoms with Gasteiger partial charge < -0.3 is 15.0 Å². The molecular formula is C22H35N3O2. The maximum atomic E-state index is 12.5. The second-order valence-corrected chi connectivity index (χ2v) is 8.11. The molecule has 2 aliphatic rings. The molecule has 1 saturated heterocycles. The van der Waals surface area contributed by atoms with Gasteiger partial charge in [-0.25, -0.2) is 0 Å². The molecule has 1 saturated carbocycles. The van der Waals surface area contributed by atoms with E-state index in [0.29, 0.717) is 31.0 Å². The van der Waals surface area contributed by atoms with E-state index >= 15 is 0 Å². The Morgan fingerprint density at radius 1 is 1.15 bits per heavy atom. The lowest BCUT2D eigenvalue weighted by Gasteiger charge is -2.37. The van der Waals surface area contributed by atoms with Gasteiger partial charge in [0.05, 0.1) is 18.8 Å². The summed E-state index contributed by atoms with van der Waals surface area (Å²) in [5.41, 5.74) is 1.16. The monoisotopic (exact) mass is 373 g/mol. The number of amides is 1. The first-order valence-electron chi connectivity index (χ1n) is 10.6. The van der Waals surface area contributed by atoms with E-state index < -0.39 is 0 Å². The first kappa shape index (κ1) is 20.0. The van der Waals surface area contributed by atoms with Gasteiger partial charge in [0.25, 0.3) is 0 Å². The van der Waals surface area contributed by atoms with Crippen LogP contribution in [0.4, 0.5) is 5.69 Å². The molecule has 1 N–H and O–H groups in total. The lowest BCUT2D eigenvalue weighted by Crippen LogP contribution is -2.52. The molecule has 0 radical (unpaired) electrons. The van der Waals surface area contributed by atoms with Crippen LogP contribution in [0, 0.1) is 11.8 Å². The van der Waals surface area contributed by atoms with Crippen molar-refractivity contribution in [3.05, 3.63) is 24.3 Å². The zero-order valence-corrected chi connectivity index (χ0v) is 17.1. The van der Waals surface area contributed by atoms with Crippen LogP contribution in [0.2, 0.25) is 0 Å². The largest absolute Gasteiger partial charge is 0.492 e. The second kappa shape index (κ2) is 9.45. The van der Waals surface area contributed by atoms with Crippen molar-refractivity contribution in [1.29, 1.82) is 0 Å². The number of carbonyl (C=O) groups excluding carboxylic acids is 1. The van der Waals surface area contributed by atoms with E-state index in [4.69, 9.17) is 4.74 Å². The summed E-state index contributed by atoms with van der Waals surface area (Å²) in [5.74, 6) is 2.42. The van der Waals surface area contributed by atoms with Crippen LogP contribution in [0.1, 0.15) is 40.0 Å². The van der Waals surface area contributed by atoms with Crippen molar-refractivity contribution in [3.63, 3.8) is 0 Å². The number of piperazine rings is 1. The van der Waals surface area contributed by atoms with Gasteiger partial charge in [0.15, 0.2) is 0 Å². The summed E-state index contributed by atoms with van der Waals surface area (Å²) in [4.78, 5) is 17.2. The highest BCUT2D eigenvalue weighted by atomic mass is 16.5. The van der Waals surface area contributed by atoms with E-state index in [0.717, 1.165) is 44.0 Å². The van der Waals surface area contributed by atoms with Gasteiger partial charge in [-0.05, 0) is 37.3 Å². The van der Waals surface area contributed by atoms with Crippen molar-refractivity contribution in [3.8, 4) is 5.75 Å². The number of ether oxygens (including phenoxy) is 1. The van der Waals surface area contributed by atoms with Gasteiger partial charge >= 0.3 is 0 Å². The third-order valence-corrected chi connectivity index (χ3v) is 6.30. The molecule has 1 aliphatic carbocycles. The van der Waals surface area contributed by atoms with Crippen molar-refractivity contribution >= 4 is 11.6 Å². The average Bonchev–Trinajstić information content (AvgIpc) is 2.67. The SMILES string of the molecule is CCOc1ccccc1N1CCN(CC(=O)NC2CCCC(C)C2C)CC1. The minimum atomic E-state index is 0.184. The van der Waals surface area contributed by atoms with Crippen molar-refractivity contribution in [2.45, 2.75) is 46.1 Å². The number of benzene rings is 1.